The fraction of sp³-hybridized carbons (Fsp3) is 0.105. The number of oxazole rings is 1. The highest BCUT2D eigenvalue weighted by Crippen LogP contribution is 2.26. The largest absolute Gasteiger partial charge is 0.444 e. The first-order valence-electron chi connectivity index (χ1n) is 8.11. The van der Waals surface area contributed by atoms with Gasteiger partial charge in [-0.25, -0.2) is 9.66 Å². The molecule has 0 amide bonds. The van der Waals surface area contributed by atoms with Crippen LogP contribution in [-0.4, -0.2) is 19.9 Å². The summed E-state index contributed by atoms with van der Waals surface area (Å²) in [5.74, 6) is 8.00. The number of aromatic nitrogens is 4. The number of hydrogen-bond acceptors (Lipinski definition) is 6. The lowest BCUT2D eigenvalue weighted by atomic mass is 10.1. The summed E-state index contributed by atoms with van der Waals surface area (Å²) in [5.41, 5.74) is 3.90. The molecular weight excluding hydrogens is 346 g/mol. The predicted molar refractivity (Wildman–Crippen MR) is 102 cm³/mol. The number of nitrogen functional groups attached to an aromatic ring is 1. The molecule has 0 spiro atoms. The lowest BCUT2D eigenvalue weighted by Crippen LogP contribution is -2.11. The number of nitrogens with zero attached hydrogens (tertiary/aromatic N) is 4. The maximum absolute atomic E-state index is 6.16. The van der Waals surface area contributed by atoms with Crippen LogP contribution in [0, 0.1) is 6.92 Å². The molecule has 2 heterocycles. The lowest BCUT2D eigenvalue weighted by Gasteiger charge is -2.03. The normalized spacial score (nSPS) is 11.0. The summed E-state index contributed by atoms with van der Waals surface area (Å²) in [7, 11) is 0. The van der Waals surface area contributed by atoms with Gasteiger partial charge in [-0.2, -0.15) is 0 Å². The molecule has 0 saturated carbocycles. The van der Waals surface area contributed by atoms with Crippen molar-refractivity contribution in [1.29, 1.82) is 0 Å². The zero-order chi connectivity index (χ0) is 17.9. The highest BCUT2D eigenvalue weighted by Gasteiger charge is 2.13. The topological polar surface area (TPSA) is 82.8 Å². The maximum atomic E-state index is 6.16. The summed E-state index contributed by atoms with van der Waals surface area (Å²) >= 11 is 1.47. The molecule has 26 heavy (non-hydrogen) atoms. The van der Waals surface area contributed by atoms with Crippen LogP contribution < -0.4 is 5.84 Å². The van der Waals surface area contributed by atoms with E-state index in [-0.39, 0.29) is 0 Å². The van der Waals surface area contributed by atoms with Gasteiger partial charge in [0.25, 0.3) is 0 Å². The number of hydrogen-bond donors (Lipinski definition) is 1. The fourth-order valence-corrected chi connectivity index (χ4v) is 3.23. The van der Waals surface area contributed by atoms with Gasteiger partial charge in [-0.05, 0) is 19.1 Å². The van der Waals surface area contributed by atoms with Crippen molar-refractivity contribution in [2.75, 3.05) is 5.84 Å². The van der Waals surface area contributed by atoms with Gasteiger partial charge in [0.05, 0.1) is 5.69 Å². The Morgan fingerprint density at radius 2 is 1.77 bits per heavy atom. The van der Waals surface area contributed by atoms with Crippen LogP contribution >= 0.6 is 11.8 Å². The van der Waals surface area contributed by atoms with Gasteiger partial charge < -0.3 is 10.3 Å². The lowest BCUT2D eigenvalue weighted by molar-refractivity contribution is 0.573. The fourth-order valence-electron chi connectivity index (χ4n) is 2.50. The quantitative estimate of drug-likeness (QED) is 0.427. The van der Waals surface area contributed by atoms with Crippen LogP contribution in [0.4, 0.5) is 0 Å². The predicted octanol–water partition coefficient (Wildman–Crippen LogP) is 3.91. The molecule has 2 aromatic carbocycles. The molecule has 130 valence electrons. The van der Waals surface area contributed by atoms with Crippen LogP contribution in [-0.2, 0) is 5.75 Å². The average Bonchev–Trinajstić information content (AvgIpc) is 3.29. The van der Waals surface area contributed by atoms with Crippen molar-refractivity contribution in [2.45, 2.75) is 17.8 Å². The second-order valence-electron chi connectivity index (χ2n) is 5.84. The molecule has 4 aromatic rings. The Kier molecular flexibility index (Phi) is 4.45. The number of thioether (sulfide) groups is 1. The van der Waals surface area contributed by atoms with Gasteiger partial charge in [-0.1, -0.05) is 59.8 Å². The van der Waals surface area contributed by atoms with Gasteiger partial charge in [0, 0.05) is 16.9 Å². The van der Waals surface area contributed by atoms with Crippen molar-refractivity contribution in [2.24, 2.45) is 0 Å². The summed E-state index contributed by atoms with van der Waals surface area (Å²) < 4.78 is 7.06. The Bertz CT molecular complexity index is 1010. The molecule has 0 aliphatic heterocycles. The van der Waals surface area contributed by atoms with Crippen LogP contribution in [0.25, 0.3) is 22.8 Å². The molecule has 2 aromatic heterocycles. The Labute approximate surface area is 155 Å². The SMILES string of the molecule is Cc1ccc(-c2nnc(SCc3coc(-c4ccccc4)n3)n2N)cc1. The van der Waals surface area contributed by atoms with Gasteiger partial charge in [0.1, 0.15) is 6.26 Å². The third-order valence-corrected chi connectivity index (χ3v) is 4.87. The minimum atomic E-state index is 0.597. The Morgan fingerprint density at radius 1 is 1.00 bits per heavy atom. The van der Waals surface area contributed by atoms with E-state index in [0.29, 0.717) is 22.6 Å². The second kappa shape index (κ2) is 7.05. The number of benzene rings is 2. The maximum Gasteiger partial charge on any atom is 0.226 e. The molecule has 0 aliphatic carbocycles. The van der Waals surface area contributed by atoms with E-state index in [9.17, 15) is 0 Å². The summed E-state index contributed by atoms with van der Waals surface area (Å²) in [6.07, 6.45) is 1.66. The Morgan fingerprint density at radius 3 is 2.54 bits per heavy atom. The van der Waals surface area contributed by atoms with E-state index < -0.39 is 0 Å². The number of aryl methyl sites for hydroxylation is 1. The highest BCUT2D eigenvalue weighted by molar-refractivity contribution is 7.98. The Hall–Kier alpha value is -3.06. The molecule has 0 aliphatic rings. The van der Waals surface area contributed by atoms with Gasteiger partial charge >= 0.3 is 0 Å². The first-order chi connectivity index (χ1) is 12.7. The van der Waals surface area contributed by atoms with Crippen LogP contribution in [0.3, 0.4) is 0 Å². The summed E-state index contributed by atoms with van der Waals surface area (Å²) in [6, 6.07) is 17.8. The molecule has 6 nitrogen and oxygen atoms in total. The standard InChI is InChI=1S/C19H17N5OS/c1-13-7-9-14(10-8-13)17-22-23-19(24(17)20)26-12-16-11-25-18(21-16)15-5-3-2-4-6-15/h2-11H,12,20H2,1H3. The first-order valence-corrected chi connectivity index (χ1v) is 9.09. The first kappa shape index (κ1) is 16.4. The molecule has 0 bridgehead atoms. The summed E-state index contributed by atoms with van der Waals surface area (Å²) in [6.45, 7) is 2.04. The van der Waals surface area contributed by atoms with Gasteiger partial charge in [-0.3, -0.25) is 0 Å². The molecule has 4 rings (SSSR count). The van der Waals surface area contributed by atoms with Crippen LogP contribution in [0.1, 0.15) is 11.3 Å². The van der Waals surface area contributed by atoms with Crippen molar-refractivity contribution in [1.82, 2.24) is 19.9 Å². The van der Waals surface area contributed by atoms with E-state index in [1.807, 2.05) is 61.5 Å². The number of nitrogens with two attached hydrogens (primary N) is 1. The molecule has 0 atom stereocenters. The molecule has 7 heteroatoms. The Balaban J connectivity index is 1.47. The van der Waals surface area contributed by atoms with Crippen molar-refractivity contribution < 1.29 is 4.42 Å². The second-order valence-corrected chi connectivity index (χ2v) is 6.78. The third-order valence-electron chi connectivity index (χ3n) is 3.90. The monoisotopic (exact) mass is 363 g/mol. The van der Waals surface area contributed by atoms with Crippen molar-refractivity contribution in [3.8, 4) is 22.8 Å². The van der Waals surface area contributed by atoms with E-state index in [0.717, 1.165) is 16.8 Å². The highest BCUT2D eigenvalue weighted by atomic mass is 32.2. The van der Waals surface area contributed by atoms with Crippen molar-refractivity contribution in [3.63, 3.8) is 0 Å². The average molecular weight is 363 g/mol. The third kappa shape index (κ3) is 3.34. The van der Waals surface area contributed by atoms with Crippen molar-refractivity contribution >= 4 is 11.8 Å². The minimum absolute atomic E-state index is 0.597. The zero-order valence-corrected chi connectivity index (χ0v) is 15.0. The summed E-state index contributed by atoms with van der Waals surface area (Å²) in [5, 5.41) is 9.02. The molecule has 2 N–H and O–H groups in total. The van der Waals surface area contributed by atoms with E-state index in [1.165, 1.54) is 22.0 Å². The van der Waals surface area contributed by atoms with Crippen LogP contribution in [0.15, 0.2) is 70.4 Å². The van der Waals surface area contributed by atoms with E-state index in [4.69, 9.17) is 10.3 Å². The molecule has 0 fully saturated rings. The minimum Gasteiger partial charge on any atom is -0.444 e. The molecule has 0 unspecified atom stereocenters. The van der Waals surface area contributed by atoms with E-state index in [2.05, 4.69) is 15.2 Å². The van der Waals surface area contributed by atoms with Crippen LogP contribution in [0.2, 0.25) is 0 Å². The molecule has 0 saturated heterocycles. The molecular formula is C19H17N5OS. The van der Waals surface area contributed by atoms with E-state index in [1.54, 1.807) is 6.26 Å². The van der Waals surface area contributed by atoms with E-state index >= 15 is 0 Å². The molecule has 0 radical (unpaired) electrons. The summed E-state index contributed by atoms with van der Waals surface area (Å²) in [4.78, 5) is 4.51. The van der Waals surface area contributed by atoms with Gasteiger partial charge in [0.2, 0.25) is 11.0 Å². The van der Waals surface area contributed by atoms with Gasteiger partial charge in [-0.15, -0.1) is 10.2 Å². The zero-order valence-electron chi connectivity index (χ0n) is 14.2. The van der Waals surface area contributed by atoms with Crippen LogP contribution in [0.5, 0.6) is 0 Å². The smallest absolute Gasteiger partial charge is 0.226 e. The van der Waals surface area contributed by atoms with Gasteiger partial charge in [0.15, 0.2) is 5.82 Å². The van der Waals surface area contributed by atoms with Crippen molar-refractivity contribution in [3.05, 3.63) is 72.1 Å². The number of rotatable bonds is 5.